The molecule has 3 atom stereocenters. The predicted octanol–water partition coefficient (Wildman–Crippen LogP) is 1.44. The Hall–Kier alpha value is -1.64. The van der Waals surface area contributed by atoms with Crippen LogP contribution in [0.1, 0.15) is 26.2 Å². The fourth-order valence-electron chi connectivity index (χ4n) is 3.17. The molecule has 0 amide bonds. The Kier molecular flexibility index (Phi) is 4.22. The average Bonchev–Trinajstić information content (AvgIpc) is 2.78. The third kappa shape index (κ3) is 3.93. The minimum Gasteiger partial charge on any atom is -0.475 e. The molecule has 0 aromatic carbocycles. The van der Waals surface area contributed by atoms with Crippen molar-refractivity contribution in [1.82, 2.24) is 20.3 Å². The molecule has 3 heterocycles. The largest absolute Gasteiger partial charge is 0.490 e. The molecule has 1 aliphatic carbocycles. The fourth-order valence-corrected chi connectivity index (χ4v) is 3.17. The first-order valence-electron chi connectivity index (χ1n) is 6.62. The van der Waals surface area contributed by atoms with E-state index in [2.05, 4.69) is 22.4 Å². The lowest BCUT2D eigenvalue weighted by molar-refractivity contribution is -0.192. The second-order valence-corrected chi connectivity index (χ2v) is 5.73. The second kappa shape index (κ2) is 5.63. The Labute approximate surface area is 119 Å². The molecular weight excluding hydrogens is 289 g/mol. The van der Waals surface area contributed by atoms with E-state index in [1.54, 1.807) is 17.2 Å². The van der Waals surface area contributed by atoms with Crippen LogP contribution in [0, 0.1) is 5.92 Å². The Morgan fingerprint density at radius 2 is 1.95 bits per heavy atom. The van der Waals surface area contributed by atoms with Crippen LogP contribution in [0.5, 0.6) is 0 Å². The zero-order chi connectivity index (χ0) is 15.7. The zero-order valence-corrected chi connectivity index (χ0v) is 11.5. The molecule has 3 aliphatic rings. The van der Waals surface area contributed by atoms with Gasteiger partial charge in [-0.2, -0.15) is 28.2 Å². The number of alkyl halides is 3. The van der Waals surface area contributed by atoms with E-state index in [1.165, 1.54) is 19.3 Å². The maximum atomic E-state index is 10.6. The molecule has 1 aromatic rings. The SMILES string of the molecule is CC1CC2CC(Cn3nccn3)(C1)N2.O=C(O)C(F)(F)F. The summed E-state index contributed by atoms with van der Waals surface area (Å²) < 4.78 is 31.7. The monoisotopic (exact) mass is 306 g/mol. The van der Waals surface area contributed by atoms with Gasteiger partial charge in [0.2, 0.25) is 0 Å². The van der Waals surface area contributed by atoms with Crippen LogP contribution in [0.15, 0.2) is 12.4 Å². The number of piperidine rings is 1. The minimum atomic E-state index is -5.08. The molecule has 1 aromatic heterocycles. The summed E-state index contributed by atoms with van der Waals surface area (Å²) in [5.74, 6) is -1.90. The highest BCUT2D eigenvalue weighted by atomic mass is 19.4. The van der Waals surface area contributed by atoms with Gasteiger partial charge in [0.25, 0.3) is 0 Å². The van der Waals surface area contributed by atoms with Gasteiger partial charge < -0.3 is 10.4 Å². The molecule has 2 aliphatic heterocycles. The maximum absolute atomic E-state index is 10.6. The summed E-state index contributed by atoms with van der Waals surface area (Å²) in [5.41, 5.74) is 0.307. The molecule has 0 radical (unpaired) electrons. The lowest BCUT2D eigenvalue weighted by Crippen LogP contribution is -2.69. The van der Waals surface area contributed by atoms with E-state index in [0.717, 1.165) is 18.5 Å². The van der Waals surface area contributed by atoms with Crippen molar-refractivity contribution in [1.29, 1.82) is 0 Å². The highest BCUT2D eigenvalue weighted by Gasteiger charge is 2.49. The van der Waals surface area contributed by atoms with Crippen molar-refractivity contribution in [3.63, 3.8) is 0 Å². The Bertz CT molecular complexity index is 483. The standard InChI is InChI=1S/C10H16N4.C2HF3O2/c1-8-4-9-6-10(5-8,13-9)7-14-11-2-3-12-14;3-2(4,5)1(6)7/h2-3,8-9,13H,4-7H2,1H3;(H,6,7). The van der Waals surface area contributed by atoms with Gasteiger partial charge in [0.1, 0.15) is 0 Å². The van der Waals surface area contributed by atoms with Crippen LogP contribution in [0.3, 0.4) is 0 Å². The van der Waals surface area contributed by atoms with Gasteiger partial charge in [-0.05, 0) is 25.2 Å². The predicted molar refractivity (Wildman–Crippen MR) is 66.4 cm³/mol. The van der Waals surface area contributed by atoms with Gasteiger partial charge in [-0.15, -0.1) is 0 Å². The Balaban J connectivity index is 0.000000199. The molecule has 21 heavy (non-hydrogen) atoms. The van der Waals surface area contributed by atoms with Crippen LogP contribution in [-0.4, -0.2) is 43.8 Å². The molecule has 2 bridgehead atoms. The number of carboxylic acid groups (broad SMARTS) is 1. The summed E-state index contributed by atoms with van der Waals surface area (Å²) in [6.45, 7) is 3.28. The van der Waals surface area contributed by atoms with Crippen LogP contribution in [0.25, 0.3) is 0 Å². The van der Waals surface area contributed by atoms with E-state index < -0.39 is 12.1 Å². The van der Waals surface area contributed by atoms with Crippen molar-refractivity contribution < 1.29 is 23.1 Å². The summed E-state index contributed by atoms with van der Waals surface area (Å²) >= 11 is 0. The third-order valence-electron chi connectivity index (χ3n) is 3.73. The van der Waals surface area contributed by atoms with Crippen molar-refractivity contribution in [2.75, 3.05) is 0 Å². The molecule has 1 saturated carbocycles. The Morgan fingerprint density at radius 1 is 1.43 bits per heavy atom. The van der Waals surface area contributed by atoms with Crippen LogP contribution in [-0.2, 0) is 11.3 Å². The first-order valence-corrected chi connectivity index (χ1v) is 6.62. The highest BCUT2D eigenvalue weighted by molar-refractivity contribution is 5.73. The number of carbonyl (C=O) groups is 1. The topological polar surface area (TPSA) is 80.0 Å². The quantitative estimate of drug-likeness (QED) is 0.864. The molecule has 3 unspecified atom stereocenters. The number of aliphatic carboxylic acids is 1. The van der Waals surface area contributed by atoms with E-state index in [-0.39, 0.29) is 0 Å². The number of hydrogen-bond donors (Lipinski definition) is 2. The zero-order valence-electron chi connectivity index (χ0n) is 11.5. The number of hydrogen-bond acceptors (Lipinski definition) is 4. The number of rotatable bonds is 2. The van der Waals surface area contributed by atoms with Crippen LogP contribution in [0.4, 0.5) is 13.2 Å². The summed E-state index contributed by atoms with van der Waals surface area (Å²) in [7, 11) is 0. The van der Waals surface area contributed by atoms with Crippen molar-refractivity contribution >= 4 is 5.97 Å². The first-order chi connectivity index (χ1) is 9.70. The molecule has 9 heteroatoms. The number of aromatic nitrogens is 3. The fraction of sp³-hybridized carbons (Fsp3) is 0.750. The van der Waals surface area contributed by atoms with E-state index in [4.69, 9.17) is 9.90 Å². The van der Waals surface area contributed by atoms with E-state index in [0.29, 0.717) is 5.54 Å². The molecule has 3 fully saturated rings. The highest BCUT2D eigenvalue weighted by Crippen LogP contribution is 2.41. The number of nitrogens with one attached hydrogen (secondary N) is 1. The van der Waals surface area contributed by atoms with Crippen molar-refractivity contribution in [3.05, 3.63) is 12.4 Å². The lowest BCUT2D eigenvalue weighted by atomic mass is 9.66. The Morgan fingerprint density at radius 3 is 2.38 bits per heavy atom. The minimum absolute atomic E-state index is 0.307. The van der Waals surface area contributed by atoms with Gasteiger partial charge in [0, 0.05) is 11.6 Å². The van der Waals surface area contributed by atoms with Crippen LogP contribution < -0.4 is 5.32 Å². The third-order valence-corrected chi connectivity index (χ3v) is 3.73. The van der Waals surface area contributed by atoms with E-state index in [9.17, 15) is 13.2 Å². The smallest absolute Gasteiger partial charge is 0.475 e. The first kappa shape index (κ1) is 15.7. The van der Waals surface area contributed by atoms with Crippen molar-refractivity contribution in [2.24, 2.45) is 5.92 Å². The molecule has 4 rings (SSSR count). The molecule has 118 valence electrons. The average molecular weight is 306 g/mol. The van der Waals surface area contributed by atoms with Gasteiger partial charge >= 0.3 is 12.1 Å². The van der Waals surface area contributed by atoms with Gasteiger partial charge in [-0.25, -0.2) is 4.79 Å². The maximum Gasteiger partial charge on any atom is 0.490 e. The van der Waals surface area contributed by atoms with Crippen LogP contribution in [0.2, 0.25) is 0 Å². The van der Waals surface area contributed by atoms with Crippen LogP contribution >= 0.6 is 0 Å². The number of nitrogens with zero attached hydrogens (tertiary/aromatic N) is 3. The number of carboxylic acids is 1. The summed E-state index contributed by atoms with van der Waals surface area (Å²) in [4.78, 5) is 10.7. The normalized spacial score (nSPS) is 30.9. The molecule has 2 saturated heterocycles. The summed E-state index contributed by atoms with van der Waals surface area (Å²) in [6, 6.07) is 0.759. The second-order valence-electron chi connectivity index (χ2n) is 5.73. The van der Waals surface area contributed by atoms with Gasteiger partial charge in [-0.1, -0.05) is 6.92 Å². The molecule has 6 nitrogen and oxygen atoms in total. The number of fused-ring (bicyclic) bond motifs is 2. The summed E-state index contributed by atoms with van der Waals surface area (Å²) in [6.07, 6.45) is 2.33. The van der Waals surface area contributed by atoms with Crippen molar-refractivity contribution in [3.8, 4) is 0 Å². The van der Waals surface area contributed by atoms with Crippen molar-refractivity contribution in [2.45, 2.75) is 50.5 Å². The molecule has 0 spiro atoms. The van der Waals surface area contributed by atoms with E-state index in [1.807, 2.05) is 0 Å². The van der Waals surface area contributed by atoms with Gasteiger partial charge in [-0.3, -0.25) is 0 Å². The molecule has 2 N–H and O–H groups in total. The van der Waals surface area contributed by atoms with Gasteiger partial charge in [0.05, 0.1) is 18.9 Å². The van der Waals surface area contributed by atoms with E-state index >= 15 is 0 Å². The van der Waals surface area contributed by atoms with Gasteiger partial charge in [0.15, 0.2) is 0 Å². The molecular formula is C12H17F3N4O2. The summed E-state index contributed by atoms with van der Waals surface area (Å²) in [5, 5.41) is 19.1. The lowest BCUT2D eigenvalue weighted by Gasteiger charge is -2.55. The number of halogens is 3.